The molecular formula is C20H27N3. The molecule has 0 bridgehead atoms. The minimum absolute atomic E-state index is 0.198. The van der Waals surface area contributed by atoms with Gasteiger partial charge in [0.1, 0.15) is 0 Å². The predicted octanol–water partition coefficient (Wildman–Crippen LogP) is 3.09. The molecule has 3 heteroatoms. The van der Waals surface area contributed by atoms with E-state index in [2.05, 4.69) is 77.4 Å². The number of nitrogens with two attached hydrogens (primary N) is 1. The topological polar surface area (TPSA) is 32.5 Å². The van der Waals surface area contributed by atoms with Gasteiger partial charge in [0.15, 0.2) is 0 Å². The minimum atomic E-state index is 0.198. The van der Waals surface area contributed by atoms with Crippen LogP contribution >= 0.6 is 0 Å². The van der Waals surface area contributed by atoms with E-state index in [1.165, 1.54) is 11.1 Å². The molecule has 1 saturated heterocycles. The van der Waals surface area contributed by atoms with Crippen LogP contribution in [0.5, 0.6) is 0 Å². The van der Waals surface area contributed by atoms with Crippen LogP contribution in [0.3, 0.4) is 0 Å². The zero-order chi connectivity index (χ0) is 16.1. The average Bonchev–Trinajstić information content (AvgIpc) is 2.64. The molecule has 2 aromatic rings. The molecule has 0 radical (unpaired) electrons. The number of nitrogens with zero attached hydrogens (tertiary/aromatic N) is 2. The first-order valence-electron chi connectivity index (χ1n) is 8.63. The standard InChI is InChI=1S/C20H27N3/c1-2-19(21)22-13-15-23(16-14-22)20(17-9-5-3-6-10-17)18-11-7-4-8-12-18/h3-12,19-20H,2,13-16,21H2,1H3. The van der Waals surface area contributed by atoms with Crippen molar-refractivity contribution in [1.29, 1.82) is 0 Å². The summed E-state index contributed by atoms with van der Waals surface area (Å²) in [5, 5.41) is 0. The summed E-state index contributed by atoms with van der Waals surface area (Å²) < 4.78 is 0. The van der Waals surface area contributed by atoms with Crippen LogP contribution in [-0.4, -0.2) is 42.1 Å². The second-order valence-corrected chi connectivity index (χ2v) is 6.27. The van der Waals surface area contributed by atoms with Crippen molar-refractivity contribution in [3.8, 4) is 0 Å². The van der Waals surface area contributed by atoms with E-state index in [0.29, 0.717) is 6.04 Å². The molecule has 3 nitrogen and oxygen atoms in total. The van der Waals surface area contributed by atoms with Gasteiger partial charge in [-0.25, -0.2) is 0 Å². The van der Waals surface area contributed by atoms with Crippen molar-refractivity contribution in [3.05, 3.63) is 71.8 Å². The second kappa shape index (κ2) is 7.73. The molecule has 0 amide bonds. The Morgan fingerprint density at radius 3 is 1.65 bits per heavy atom. The van der Waals surface area contributed by atoms with E-state index < -0.39 is 0 Å². The Kier molecular flexibility index (Phi) is 5.44. The molecule has 1 fully saturated rings. The van der Waals surface area contributed by atoms with Gasteiger partial charge in [-0.3, -0.25) is 9.80 Å². The Morgan fingerprint density at radius 1 is 0.783 bits per heavy atom. The summed E-state index contributed by atoms with van der Waals surface area (Å²) in [7, 11) is 0. The fourth-order valence-corrected chi connectivity index (χ4v) is 3.47. The summed E-state index contributed by atoms with van der Waals surface area (Å²) in [6.45, 7) is 6.37. The Labute approximate surface area is 139 Å². The lowest BCUT2D eigenvalue weighted by atomic mass is 9.96. The maximum Gasteiger partial charge on any atom is 0.0602 e. The number of rotatable bonds is 5. The third kappa shape index (κ3) is 3.81. The zero-order valence-corrected chi connectivity index (χ0v) is 13.9. The third-order valence-electron chi connectivity index (χ3n) is 4.83. The zero-order valence-electron chi connectivity index (χ0n) is 13.9. The molecule has 23 heavy (non-hydrogen) atoms. The first-order valence-corrected chi connectivity index (χ1v) is 8.63. The lowest BCUT2D eigenvalue weighted by molar-refractivity contribution is 0.0790. The minimum Gasteiger partial charge on any atom is -0.316 e. The van der Waals surface area contributed by atoms with Gasteiger partial charge in [-0.05, 0) is 17.5 Å². The van der Waals surface area contributed by atoms with Crippen molar-refractivity contribution < 1.29 is 0 Å². The van der Waals surface area contributed by atoms with E-state index in [1.54, 1.807) is 0 Å². The van der Waals surface area contributed by atoms with Crippen molar-refractivity contribution in [2.24, 2.45) is 5.73 Å². The molecule has 2 N–H and O–H groups in total. The van der Waals surface area contributed by atoms with Crippen LogP contribution in [0.4, 0.5) is 0 Å². The van der Waals surface area contributed by atoms with Gasteiger partial charge in [-0.15, -0.1) is 0 Å². The van der Waals surface area contributed by atoms with E-state index in [1.807, 2.05) is 0 Å². The lowest BCUT2D eigenvalue weighted by Gasteiger charge is -2.41. The summed E-state index contributed by atoms with van der Waals surface area (Å²) in [4.78, 5) is 4.99. The highest BCUT2D eigenvalue weighted by Crippen LogP contribution is 2.29. The van der Waals surface area contributed by atoms with Crippen LogP contribution in [0.1, 0.15) is 30.5 Å². The van der Waals surface area contributed by atoms with Crippen LogP contribution < -0.4 is 5.73 Å². The number of hydrogen-bond donors (Lipinski definition) is 1. The van der Waals surface area contributed by atoms with Gasteiger partial charge in [-0.2, -0.15) is 0 Å². The monoisotopic (exact) mass is 309 g/mol. The molecule has 122 valence electrons. The molecule has 1 heterocycles. The highest BCUT2D eigenvalue weighted by atomic mass is 15.3. The molecule has 1 aliphatic heterocycles. The molecule has 0 saturated carbocycles. The number of hydrogen-bond acceptors (Lipinski definition) is 3. The maximum absolute atomic E-state index is 6.20. The van der Waals surface area contributed by atoms with Crippen molar-refractivity contribution in [3.63, 3.8) is 0 Å². The van der Waals surface area contributed by atoms with E-state index >= 15 is 0 Å². The fourth-order valence-electron chi connectivity index (χ4n) is 3.47. The summed E-state index contributed by atoms with van der Waals surface area (Å²) in [5.41, 5.74) is 8.93. The summed E-state index contributed by atoms with van der Waals surface area (Å²) in [6, 6.07) is 22.0. The van der Waals surface area contributed by atoms with Gasteiger partial charge in [-0.1, -0.05) is 67.6 Å². The Balaban J connectivity index is 1.81. The Bertz CT molecular complexity index is 537. The smallest absolute Gasteiger partial charge is 0.0602 e. The summed E-state index contributed by atoms with van der Waals surface area (Å²) in [5.74, 6) is 0. The van der Waals surface area contributed by atoms with Gasteiger partial charge in [0.2, 0.25) is 0 Å². The van der Waals surface area contributed by atoms with Crippen LogP contribution in [0, 0.1) is 0 Å². The van der Waals surface area contributed by atoms with Crippen LogP contribution in [-0.2, 0) is 0 Å². The quantitative estimate of drug-likeness (QED) is 0.921. The maximum atomic E-state index is 6.20. The Hall–Kier alpha value is -1.68. The fraction of sp³-hybridized carbons (Fsp3) is 0.400. The molecule has 2 aromatic carbocycles. The van der Waals surface area contributed by atoms with E-state index in [-0.39, 0.29) is 6.17 Å². The van der Waals surface area contributed by atoms with Crippen molar-refractivity contribution in [2.75, 3.05) is 26.2 Å². The molecule has 1 aliphatic rings. The number of piperazine rings is 1. The second-order valence-electron chi connectivity index (χ2n) is 6.27. The molecule has 1 atom stereocenters. The summed E-state index contributed by atoms with van der Waals surface area (Å²) >= 11 is 0. The largest absolute Gasteiger partial charge is 0.316 e. The normalized spacial score (nSPS) is 18.2. The van der Waals surface area contributed by atoms with Crippen molar-refractivity contribution >= 4 is 0 Å². The SMILES string of the molecule is CCC(N)N1CCN(C(c2ccccc2)c2ccccc2)CC1. The highest BCUT2D eigenvalue weighted by molar-refractivity contribution is 5.31. The first kappa shape index (κ1) is 16.2. The molecule has 1 unspecified atom stereocenters. The van der Waals surface area contributed by atoms with Gasteiger partial charge >= 0.3 is 0 Å². The number of benzene rings is 2. The van der Waals surface area contributed by atoms with Crippen LogP contribution in [0.2, 0.25) is 0 Å². The molecular weight excluding hydrogens is 282 g/mol. The average molecular weight is 309 g/mol. The van der Waals surface area contributed by atoms with E-state index in [9.17, 15) is 0 Å². The predicted molar refractivity (Wildman–Crippen MR) is 96.1 cm³/mol. The van der Waals surface area contributed by atoms with E-state index in [4.69, 9.17) is 5.73 Å². The third-order valence-corrected chi connectivity index (χ3v) is 4.83. The first-order chi connectivity index (χ1) is 11.3. The van der Waals surface area contributed by atoms with Crippen molar-refractivity contribution in [1.82, 2.24) is 9.80 Å². The lowest BCUT2D eigenvalue weighted by Crippen LogP contribution is -2.53. The van der Waals surface area contributed by atoms with Gasteiger partial charge in [0.05, 0.1) is 12.2 Å². The van der Waals surface area contributed by atoms with E-state index in [0.717, 1.165) is 32.6 Å². The van der Waals surface area contributed by atoms with Crippen molar-refractivity contribution in [2.45, 2.75) is 25.6 Å². The van der Waals surface area contributed by atoms with Crippen LogP contribution in [0.15, 0.2) is 60.7 Å². The molecule has 0 spiro atoms. The molecule has 0 aromatic heterocycles. The highest BCUT2D eigenvalue weighted by Gasteiger charge is 2.27. The summed E-state index contributed by atoms with van der Waals surface area (Å²) in [6.07, 6.45) is 1.21. The molecule has 3 rings (SSSR count). The van der Waals surface area contributed by atoms with Gasteiger partial charge in [0, 0.05) is 26.2 Å². The Morgan fingerprint density at radius 2 is 1.22 bits per heavy atom. The van der Waals surface area contributed by atoms with Crippen LogP contribution in [0.25, 0.3) is 0 Å². The molecule has 0 aliphatic carbocycles. The van der Waals surface area contributed by atoms with Gasteiger partial charge < -0.3 is 5.73 Å². The van der Waals surface area contributed by atoms with Gasteiger partial charge in [0.25, 0.3) is 0 Å².